The lowest BCUT2D eigenvalue weighted by Gasteiger charge is -2.22. The van der Waals surface area contributed by atoms with Gasteiger partial charge in [0.2, 0.25) is 0 Å². The number of halogens is 1. The van der Waals surface area contributed by atoms with E-state index in [-0.39, 0.29) is 5.82 Å². The maximum absolute atomic E-state index is 14.1. The van der Waals surface area contributed by atoms with Gasteiger partial charge in [0, 0.05) is 55.6 Å². The second-order valence-electron chi connectivity index (χ2n) is 6.00. The van der Waals surface area contributed by atoms with Gasteiger partial charge in [0.25, 0.3) is 0 Å². The summed E-state index contributed by atoms with van der Waals surface area (Å²) in [6, 6.07) is 10.8. The van der Waals surface area contributed by atoms with Crippen LogP contribution in [0.4, 0.5) is 4.39 Å². The fourth-order valence-electron chi connectivity index (χ4n) is 2.79. The molecule has 5 heteroatoms. The molecule has 1 aromatic carbocycles. The van der Waals surface area contributed by atoms with Gasteiger partial charge in [-0.25, -0.2) is 9.07 Å². The minimum Gasteiger partial charge on any atom is -0.290 e. The number of benzene rings is 1. The van der Waals surface area contributed by atoms with Crippen LogP contribution < -0.4 is 0 Å². The van der Waals surface area contributed by atoms with Crippen LogP contribution in [-0.2, 0) is 19.6 Å². The highest BCUT2D eigenvalue weighted by atomic mass is 19.1. The topological polar surface area (TPSA) is 34.0 Å². The maximum atomic E-state index is 14.1. The van der Waals surface area contributed by atoms with Crippen LogP contribution >= 0.6 is 0 Å². The molecule has 2 heterocycles. The second kappa shape index (κ2) is 7.85. The summed E-state index contributed by atoms with van der Waals surface area (Å²) in [5.74, 6) is -0.183. The molecule has 3 rings (SSSR count). The van der Waals surface area contributed by atoms with Crippen LogP contribution in [0.25, 0.3) is 6.20 Å². The van der Waals surface area contributed by atoms with E-state index in [1.165, 1.54) is 6.07 Å². The van der Waals surface area contributed by atoms with Gasteiger partial charge < -0.3 is 0 Å². The Morgan fingerprint density at radius 3 is 2.60 bits per heavy atom. The van der Waals surface area contributed by atoms with Crippen molar-refractivity contribution in [3.05, 3.63) is 89.8 Å². The van der Waals surface area contributed by atoms with Crippen molar-refractivity contribution in [1.82, 2.24) is 19.7 Å². The average Bonchev–Trinajstić information content (AvgIpc) is 2.98. The maximum Gasteiger partial charge on any atom is 0.127 e. The third kappa shape index (κ3) is 4.39. The highest BCUT2D eigenvalue weighted by Crippen LogP contribution is 2.17. The van der Waals surface area contributed by atoms with Crippen LogP contribution in [0.15, 0.2) is 61.6 Å². The number of hydrogen-bond acceptors (Lipinski definition) is 3. The van der Waals surface area contributed by atoms with Crippen LogP contribution in [0.2, 0.25) is 0 Å². The molecular formula is C20H21FN4. The van der Waals surface area contributed by atoms with E-state index in [1.807, 2.05) is 43.6 Å². The molecule has 0 unspecified atom stereocenters. The van der Waals surface area contributed by atoms with E-state index >= 15 is 0 Å². The molecule has 4 nitrogen and oxygen atoms in total. The first-order chi connectivity index (χ1) is 12.2. The summed E-state index contributed by atoms with van der Waals surface area (Å²) in [5.41, 5.74) is 3.82. The van der Waals surface area contributed by atoms with Crippen molar-refractivity contribution in [3.63, 3.8) is 0 Å². The summed E-state index contributed by atoms with van der Waals surface area (Å²) >= 11 is 0. The first kappa shape index (κ1) is 17.0. The van der Waals surface area contributed by atoms with Crippen molar-refractivity contribution >= 4 is 6.20 Å². The molecule has 0 radical (unpaired) electrons. The first-order valence-corrected chi connectivity index (χ1v) is 8.17. The fourth-order valence-corrected chi connectivity index (χ4v) is 2.79. The molecule has 128 valence electrons. The van der Waals surface area contributed by atoms with Gasteiger partial charge in [0.05, 0.1) is 5.69 Å². The predicted octanol–water partition coefficient (Wildman–Crippen LogP) is 4.03. The summed E-state index contributed by atoms with van der Waals surface area (Å²) in [6.07, 6.45) is 7.22. The van der Waals surface area contributed by atoms with E-state index in [1.54, 1.807) is 23.1 Å². The molecule has 0 aliphatic heterocycles. The minimum absolute atomic E-state index is 0.183. The first-order valence-electron chi connectivity index (χ1n) is 8.17. The van der Waals surface area contributed by atoms with Gasteiger partial charge in [0.1, 0.15) is 5.82 Å². The molecule has 0 bridgehead atoms. The molecule has 0 N–H and O–H groups in total. The Balaban J connectivity index is 1.84. The molecule has 0 aliphatic rings. The minimum atomic E-state index is -0.183. The van der Waals surface area contributed by atoms with E-state index < -0.39 is 0 Å². The van der Waals surface area contributed by atoms with Gasteiger partial charge in [-0.15, -0.1) is 0 Å². The molecule has 0 spiro atoms. The lowest BCUT2D eigenvalue weighted by Crippen LogP contribution is -2.23. The number of rotatable bonds is 7. The molecule has 3 aromatic rings. The summed E-state index contributed by atoms with van der Waals surface area (Å²) in [4.78, 5) is 6.36. The number of nitrogens with zero attached hydrogens (tertiary/aromatic N) is 4. The van der Waals surface area contributed by atoms with Crippen LogP contribution in [0, 0.1) is 12.7 Å². The van der Waals surface area contributed by atoms with Crippen molar-refractivity contribution in [3.8, 4) is 0 Å². The van der Waals surface area contributed by atoms with Crippen molar-refractivity contribution in [2.24, 2.45) is 0 Å². The van der Waals surface area contributed by atoms with Gasteiger partial charge in [-0.1, -0.05) is 30.8 Å². The van der Waals surface area contributed by atoms with Gasteiger partial charge in [-0.3, -0.25) is 9.88 Å². The number of aryl methyl sites for hydroxylation is 1. The van der Waals surface area contributed by atoms with E-state index in [0.29, 0.717) is 25.2 Å². The number of pyridine rings is 1. The van der Waals surface area contributed by atoms with Crippen molar-refractivity contribution in [1.29, 1.82) is 0 Å². The van der Waals surface area contributed by atoms with Gasteiger partial charge >= 0.3 is 0 Å². The van der Waals surface area contributed by atoms with Crippen LogP contribution in [0.5, 0.6) is 0 Å². The molecule has 0 saturated carbocycles. The zero-order valence-electron chi connectivity index (χ0n) is 14.3. The molecule has 0 aliphatic carbocycles. The number of hydrogen-bond donors (Lipinski definition) is 0. The Morgan fingerprint density at radius 1 is 1.12 bits per heavy atom. The summed E-state index contributed by atoms with van der Waals surface area (Å²) < 4.78 is 15.8. The Labute approximate surface area is 147 Å². The Morgan fingerprint density at radius 2 is 1.92 bits per heavy atom. The third-order valence-electron chi connectivity index (χ3n) is 4.08. The normalized spacial score (nSPS) is 11.0. The van der Waals surface area contributed by atoms with Crippen LogP contribution in [0.1, 0.15) is 22.4 Å². The summed E-state index contributed by atoms with van der Waals surface area (Å²) in [6.45, 7) is 7.58. The smallest absolute Gasteiger partial charge is 0.127 e. The van der Waals surface area contributed by atoms with Gasteiger partial charge in [0.15, 0.2) is 0 Å². The Bertz CT molecular complexity index is 842. The quantitative estimate of drug-likeness (QED) is 0.653. The molecule has 25 heavy (non-hydrogen) atoms. The molecular weight excluding hydrogens is 315 g/mol. The number of aromatic nitrogens is 3. The van der Waals surface area contributed by atoms with Crippen molar-refractivity contribution < 1.29 is 4.39 Å². The highest BCUT2D eigenvalue weighted by molar-refractivity contribution is 5.24. The lowest BCUT2D eigenvalue weighted by molar-refractivity contribution is 0.243. The van der Waals surface area contributed by atoms with E-state index in [9.17, 15) is 4.39 Å². The monoisotopic (exact) mass is 336 g/mol. The lowest BCUT2D eigenvalue weighted by atomic mass is 10.1. The van der Waals surface area contributed by atoms with E-state index in [4.69, 9.17) is 0 Å². The van der Waals surface area contributed by atoms with Crippen LogP contribution in [-0.4, -0.2) is 19.7 Å². The molecule has 0 fully saturated rings. The SMILES string of the molecule is C=Cn1cc(CN(Cc2cccnc2)Cc2ccccc2F)c(C)n1. The Hall–Kier alpha value is -2.79. The highest BCUT2D eigenvalue weighted by Gasteiger charge is 2.14. The predicted molar refractivity (Wildman–Crippen MR) is 96.9 cm³/mol. The molecule has 0 atom stereocenters. The zero-order valence-corrected chi connectivity index (χ0v) is 14.3. The average molecular weight is 336 g/mol. The van der Waals surface area contributed by atoms with E-state index in [0.717, 1.165) is 16.8 Å². The largest absolute Gasteiger partial charge is 0.290 e. The molecule has 2 aromatic heterocycles. The second-order valence-corrected chi connectivity index (χ2v) is 6.00. The Kier molecular flexibility index (Phi) is 5.36. The van der Waals surface area contributed by atoms with Crippen molar-refractivity contribution in [2.45, 2.75) is 26.6 Å². The summed E-state index contributed by atoms with van der Waals surface area (Å²) in [5, 5.41) is 4.40. The standard InChI is InChI=1S/C20H21FN4/c1-3-25-15-19(16(2)23-25)14-24(12-17-7-6-10-22-11-17)13-18-8-4-5-9-20(18)21/h3-11,15H,1,12-14H2,2H3. The van der Waals surface area contributed by atoms with Crippen molar-refractivity contribution in [2.75, 3.05) is 0 Å². The molecule has 0 saturated heterocycles. The van der Waals surface area contributed by atoms with Crippen LogP contribution in [0.3, 0.4) is 0 Å². The third-order valence-corrected chi connectivity index (χ3v) is 4.08. The van der Waals surface area contributed by atoms with E-state index in [2.05, 4.69) is 21.6 Å². The van der Waals surface area contributed by atoms with Gasteiger partial charge in [-0.05, 0) is 24.6 Å². The van der Waals surface area contributed by atoms with Gasteiger partial charge in [-0.2, -0.15) is 5.10 Å². The summed E-state index contributed by atoms with van der Waals surface area (Å²) in [7, 11) is 0. The zero-order chi connectivity index (χ0) is 17.6. The fraction of sp³-hybridized carbons (Fsp3) is 0.200. The molecule has 0 amide bonds.